The number of fused-ring (bicyclic) bond motifs is 18. The van der Waals surface area contributed by atoms with Crippen LogP contribution in [-0.4, -0.2) is 167 Å². The molecule has 1 saturated heterocycles. The number of ether oxygens (including phenoxy) is 4. The number of carboxylic acids is 1. The number of benzene rings is 11. The third-order valence-corrected chi connectivity index (χ3v) is 33.2. The van der Waals surface area contributed by atoms with E-state index >= 15 is 0 Å². The molecule has 7 atom stereocenters. The number of furan rings is 1. The van der Waals surface area contributed by atoms with Crippen LogP contribution in [0.15, 0.2) is 306 Å². The smallest absolute Gasteiger partial charge is 0.321 e. The number of carbonyl (C=O) groups excluding carboxylic acids is 1. The Hall–Kier alpha value is -14.2. The number of nitrogens with one attached hydrogen (secondary N) is 11. The summed E-state index contributed by atoms with van der Waals surface area (Å²) in [6.45, 7) is 7.20. The highest BCUT2D eigenvalue weighted by Crippen LogP contribution is 2.46. The molecule has 27 rings (SSSR count). The number of hydrogen-bond acceptors (Lipinski definition) is 15. The van der Waals surface area contributed by atoms with Crippen LogP contribution in [0.2, 0.25) is 10.0 Å². The first-order valence-corrected chi connectivity index (χ1v) is 55.6. The molecule has 0 spiro atoms. The molecule has 7 unspecified atom stereocenters. The van der Waals surface area contributed by atoms with Gasteiger partial charge in [-0.1, -0.05) is 200 Å². The molecule has 1 saturated carbocycles. The van der Waals surface area contributed by atoms with E-state index in [9.17, 15) is 23.1 Å². The van der Waals surface area contributed by atoms with E-state index < -0.39 is 21.8 Å². The van der Waals surface area contributed by atoms with Gasteiger partial charge in [0.05, 0.1) is 81.1 Å². The van der Waals surface area contributed by atoms with Gasteiger partial charge in [-0.2, -0.15) is 0 Å². The minimum absolute atomic E-state index is 0.0344. The molecule has 12 N–H and O–H groups in total. The Labute approximate surface area is 890 Å². The van der Waals surface area contributed by atoms with Crippen molar-refractivity contribution in [2.24, 2.45) is 0 Å². The molecular formula is C121H120Cl2N14O10S3. The first-order valence-electron chi connectivity index (χ1n) is 51.7. The van der Waals surface area contributed by atoms with Crippen LogP contribution in [-0.2, 0) is 64.5 Å². The number of rotatable bonds is 14. The number of sulfone groups is 1. The molecule has 8 aromatic heterocycles. The van der Waals surface area contributed by atoms with E-state index in [4.69, 9.17) is 58.8 Å². The summed E-state index contributed by atoms with van der Waals surface area (Å²) in [4.78, 5) is 54.2. The van der Waals surface area contributed by atoms with Crippen molar-refractivity contribution in [1.82, 2.24) is 71.2 Å². The maximum absolute atomic E-state index is 13.5. The SMILES string of the molecule is COc1ccc(C2NCCc3c2[nH]c2ccccc32)cc1.COc1ccc(C2c3[nH]c4ccccc4c3CCN2C(=S)NC2CCCCC2)cc1.CS(=O)(=O)c1ccc(C2c3[nH]c4ccc(Cl)cc4c3CCN2C(=O)N2CCOCC2)cc1.Clc1ccc2[nH]c3c(c2c1)CCNC3c1cccs1.O=C(O)C1Cc2c([nH]c3ccccc23)C(c2ccccc2)N1.c1ccc(COc2ccc3[nH]c4c(c3c2)CCNC4c2ccoc2)cc1. The zero-order chi connectivity index (χ0) is 102. The lowest BCUT2D eigenvalue weighted by Gasteiger charge is -2.40. The van der Waals surface area contributed by atoms with Gasteiger partial charge < -0.3 is 94.3 Å². The van der Waals surface area contributed by atoms with Crippen LogP contribution in [0.3, 0.4) is 0 Å². The van der Waals surface area contributed by atoms with Crippen LogP contribution in [0.1, 0.15) is 174 Å². The van der Waals surface area contributed by atoms with Gasteiger partial charge in [0, 0.05) is 185 Å². The summed E-state index contributed by atoms with van der Waals surface area (Å²) in [6.07, 6.45) is 16.5. The molecule has 2 fully saturated rings. The summed E-state index contributed by atoms with van der Waals surface area (Å²) >= 11 is 20.1. The number of amides is 2. The van der Waals surface area contributed by atoms with Crippen molar-refractivity contribution in [3.05, 3.63) is 413 Å². The maximum atomic E-state index is 13.5. The average Bonchev–Trinajstić information content (AvgIpc) is 1.57. The number of aromatic amines is 6. The predicted octanol–water partition coefficient (Wildman–Crippen LogP) is 23.9. The molecule has 766 valence electrons. The summed E-state index contributed by atoms with van der Waals surface area (Å²) in [5.41, 5.74) is 28.6. The fourth-order valence-electron chi connectivity index (χ4n) is 23.0. The Balaban J connectivity index is 0.000000103. The van der Waals surface area contributed by atoms with Gasteiger partial charge in [0.1, 0.15) is 29.9 Å². The van der Waals surface area contributed by atoms with Crippen molar-refractivity contribution >= 4 is 139 Å². The Bertz CT molecular complexity index is 8120. The van der Waals surface area contributed by atoms with Crippen molar-refractivity contribution < 1.29 is 46.5 Å². The van der Waals surface area contributed by atoms with E-state index in [0.717, 1.165) is 146 Å². The van der Waals surface area contributed by atoms with Gasteiger partial charge in [-0.15, -0.1) is 11.3 Å². The molecule has 7 aliphatic heterocycles. The van der Waals surface area contributed by atoms with Crippen molar-refractivity contribution in [3.63, 3.8) is 0 Å². The number of thiocarbonyl (C=S) groups is 1. The number of hydrogen-bond donors (Lipinski definition) is 12. The molecule has 2 amide bonds. The van der Waals surface area contributed by atoms with Crippen LogP contribution in [0.25, 0.3) is 65.4 Å². The minimum atomic E-state index is -3.31. The van der Waals surface area contributed by atoms with Crippen molar-refractivity contribution in [2.75, 3.05) is 79.5 Å². The van der Waals surface area contributed by atoms with E-state index in [1.54, 1.807) is 56.1 Å². The van der Waals surface area contributed by atoms with Gasteiger partial charge in [-0.3, -0.25) is 10.1 Å². The number of aromatic nitrogens is 6. The lowest BCUT2D eigenvalue weighted by molar-refractivity contribution is -0.139. The molecule has 19 aromatic rings. The number of thiophene rings is 1. The lowest BCUT2D eigenvalue weighted by atomic mass is 9.90. The van der Waals surface area contributed by atoms with Gasteiger partial charge in [0.15, 0.2) is 14.9 Å². The van der Waals surface area contributed by atoms with E-state index in [2.05, 4.69) is 194 Å². The first-order chi connectivity index (χ1) is 73.4. The molecule has 0 bridgehead atoms. The van der Waals surface area contributed by atoms with Crippen LogP contribution in [0, 0.1) is 0 Å². The fourth-order valence-corrected chi connectivity index (χ4v) is 25.1. The van der Waals surface area contributed by atoms with Crippen LogP contribution in [0.5, 0.6) is 17.2 Å². The summed E-state index contributed by atoms with van der Waals surface area (Å²) < 4.78 is 51.2. The third-order valence-electron chi connectivity index (χ3n) is 30.3. The second-order valence-corrected chi connectivity index (χ2v) is 43.7. The lowest BCUT2D eigenvalue weighted by Crippen LogP contribution is -2.51. The number of nitrogens with zero attached hydrogens (tertiary/aromatic N) is 3. The Morgan fingerprint density at radius 1 is 0.453 bits per heavy atom. The van der Waals surface area contributed by atoms with Gasteiger partial charge in [-0.05, 0) is 245 Å². The van der Waals surface area contributed by atoms with Crippen LogP contribution >= 0.6 is 46.8 Å². The topological polar surface area (TPSA) is 303 Å². The highest BCUT2D eigenvalue weighted by atomic mass is 35.5. The highest BCUT2D eigenvalue weighted by Gasteiger charge is 2.41. The van der Waals surface area contributed by atoms with E-state index in [0.29, 0.717) is 63.4 Å². The minimum Gasteiger partial charge on any atom is -0.497 e. The molecule has 24 nitrogen and oxygen atoms in total. The Kier molecular flexibility index (Phi) is 30.1. The monoisotopic (exact) mass is 2090 g/mol. The maximum Gasteiger partial charge on any atom is 0.321 e. The number of carbonyl (C=O) groups is 2. The van der Waals surface area contributed by atoms with Gasteiger partial charge >= 0.3 is 12.0 Å². The van der Waals surface area contributed by atoms with E-state index in [-0.39, 0.29) is 47.2 Å². The highest BCUT2D eigenvalue weighted by molar-refractivity contribution is 7.90. The van der Waals surface area contributed by atoms with Crippen molar-refractivity contribution in [2.45, 2.75) is 130 Å². The summed E-state index contributed by atoms with van der Waals surface area (Å²) in [5, 5.41) is 39.1. The molecule has 0 radical (unpaired) electrons. The average molecular weight is 2100 g/mol. The normalized spacial score (nSPS) is 18.8. The molecule has 150 heavy (non-hydrogen) atoms. The number of urea groups is 1. The Morgan fingerprint density at radius 2 is 0.907 bits per heavy atom. The van der Waals surface area contributed by atoms with Gasteiger partial charge in [-0.25, -0.2) is 13.2 Å². The molecule has 15 heterocycles. The molecule has 8 aliphatic rings. The van der Waals surface area contributed by atoms with Crippen molar-refractivity contribution in [3.8, 4) is 17.2 Å². The Morgan fingerprint density at radius 3 is 1.45 bits per heavy atom. The third kappa shape index (κ3) is 21.3. The zero-order valence-corrected chi connectivity index (χ0v) is 87.7. The van der Waals surface area contributed by atoms with Gasteiger partial charge in [0.2, 0.25) is 0 Å². The standard InChI is InChI=1S/C25H29N3OS.C23H24ClN3O4S.C22H20N2O2.C18H16N2O2.C18H18N2O.C15H13ClN2S/c1-29-19-13-11-17(12-14-19)24-23-21(20-9-5-6-10-22(20)27-23)15-16-28(24)25(30)26-18-7-3-2-4-8-18;1-32(29,30)17-5-2-15(3-6-17)22-21-18(19-14-16(24)4-7-20(19)25-21)8-9-27(22)23(28)26-10-12-31-13-11-26;1-2-4-15(5-3-1)13-26-17-6-7-20-19(12-17)18-8-10-23-21(22(18)24-20)16-9-11-25-14-16;21-18(22)15-10-13-12-8-4-5-9-14(12)19-17(13)16(20-15)11-6-2-1-3-7-11;1-21-13-8-6-12(7-9-13)17-18-15(10-11-19-17)14-4-2-3-5-16(14)20-18;16-9-3-4-12-11(8-9)10-5-6-17-15(14(10)18-12)13-2-1-7-19-13/h5-6,9-14,18,24,27H,2-4,7-8,15-16H2,1H3,(H,26,30);2-7,14,22,25H,8-13H2,1H3;1-7,9,11-12,14,21,23-24H,8,10,13H2;1-9,15-16,19-20H,10H2,(H,21,22);2-9,17,19-20H,10-11H2,1H3;1-4,7-8,15,17-18H,5-6H2. The summed E-state index contributed by atoms with van der Waals surface area (Å²) in [5.74, 6) is 1.87. The summed E-state index contributed by atoms with van der Waals surface area (Å²) in [7, 11) is 0.0991. The van der Waals surface area contributed by atoms with Gasteiger partial charge in [0.25, 0.3) is 0 Å². The molecule has 1 aliphatic carbocycles. The first kappa shape index (κ1) is 100. The molecular weight excluding hydrogens is 1980 g/mol. The zero-order valence-electron chi connectivity index (χ0n) is 83.7. The second kappa shape index (κ2) is 44.9. The van der Waals surface area contributed by atoms with Crippen LogP contribution < -0.4 is 40.8 Å². The second-order valence-electron chi connectivity index (χ2n) is 39.4. The quantitative estimate of drug-likeness (QED) is 0.0450. The summed E-state index contributed by atoms with van der Waals surface area (Å²) in [6, 6.07) is 93.6. The molecule has 11 aromatic carbocycles. The van der Waals surface area contributed by atoms with E-state index in [1.165, 1.54) is 143 Å². The fraction of sp³-hybridized carbons (Fsp3) is 0.264. The largest absolute Gasteiger partial charge is 0.497 e. The van der Waals surface area contributed by atoms with Crippen LogP contribution in [0.4, 0.5) is 4.79 Å². The number of aliphatic carboxylic acids is 1. The number of morpholine rings is 1. The number of carboxylic acid groups (broad SMARTS) is 1. The number of para-hydroxylation sites is 3. The molecule has 29 heteroatoms. The predicted molar refractivity (Wildman–Crippen MR) is 601 cm³/mol. The number of halogens is 2. The van der Waals surface area contributed by atoms with E-state index in [1.807, 2.05) is 143 Å². The van der Waals surface area contributed by atoms with Crippen molar-refractivity contribution in [1.29, 1.82) is 0 Å². The number of methoxy groups -OCH3 is 2. The number of H-pyrrole nitrogens is 6.